The molecule has 1 amide bonds. The molecule has 0 radical (unpaired) electrons. The highest BCUT2D eigenvalue weighted by molar-refractivity contribution is 7.89. The van der Waals surface area contributed by atoms with E-state index >= 15 is 0 Å². The van der Waals surface area contributed by atoms with Gasteiger partial charge in [0, 0.05) is 54.6 Å². The third kappa shape index (κ3) is 5.72. The predicted molar refractivity (Wildman–Crippen MR) is 151 cm³/mol. The summed E-state index contributed by atoms with van der Waals surface area (Å²) in [6.45, 7) is 7.44. The number of aromatic nitrogens is 3. The van der Waals surface area contributed by atoms with Crippen molar-refractivity contribution >= 4 is 27.5 Å². The molecule has 1 N–H and O–H groups in total. The maximum Gasteiger partial charge on any atom is 0.264 e. The third-order valence-corrected chi connectivity index (χ3v) is 9.31. The number of aryl methyl sites for hydroxylation is 1. The first-order chi connectivity index (χ1) is 19.0. The number of carbonyl (C=O) groups is 1. The second kappa shape index (κ2) is 11.2. The maximum absolute atomic E-state index is 13.5. The van der Waals surface area contributed by atoms with Crippen molar-refractivity contribution in [1.29, 1.82) is 0 Å². The van der Waals surface area contributed by atoms with Crippen molar-refractivity contribution in [2.45, 2.75) is 63.2 Å². The molecule has 3 heterocycles. The Morgan fingerprint density at radius 2 is 2.02 bits per heavy atom. The van der Waals surface area contributed by atoms with Crippen molar-refractivity contribution in [1.82, 2.24) is 29.5 Å². The number of nitrogens with zero attached hydrogens (tertiary/aromatic N) is 5. The smallest absolute Gasteiger partial charge is 0.264 e. The van der Waals surface area contributed by atoms with Crippen LogP contribution in [0.5, 0.6) is 5.75 Å². The molecule has 12 heteroatoms. The van der Waals surface area contributed by atoms with Gasteiger partial charge < -0.3 is 10.1 Å². The highest BCUT2D eigenvalue weighted by Gasteiger charge is 2.37. The van der Waals surface area contributed by atoms with Gasteiger partial charge in [-0.15, -0.1) is 5.10 Å². The molecule has 0 aliphatic carbocycles. The van der Waals surface area contributed by atoms with Crippen LogP contribution in [0.25, 0.3) is 0 Å². The minimum atomic E-state index is -4.05. The SMILES string of the molecule is Cc1cc(Cl)cc(S(=O)(=O)N2C=CNC(=O)C2Cc2cn(C3CCOc4cc(CN(C)C(C)C)ccc43)nn2)c1. The van der Waals surface area contributed by atoms with Crippen LogP contribution < -0.4 is 10.1 Å². The molecule has 0 saturated carbocycles. The van der Waals surface area contributed by atoms with E-state index in [1.165, 1.54) is 30.1 Å². The van der Waals surface area contributed by atoms with Crippen LogP contribution in [-0.4, -0.2) is 64.3 Å². The predicted octanol–water partition coefficient (Wildman–Crippen LogP) is 3.66. The van der Waals surface area contributed by atoms with Crippen LogP contribution in [0.15, 0.2) is 59.9 Å². The molecule has 2 aliphatic rings. The number of ether oxygens (including phenoxy) is 1. The lowest BCUT2D eigenvalue weighted by atomic mass is 9.98. The van der Waals surface area contributed by atoms with E-state index in [2.05, 4.69) is 59.6 Å². The standard InChI is InChI=1S/C28H33ClN6O4S/c1-18(2)33(4)16-20-5-6-24-25(7-10-39-27(24)13-20)34-17-22(31-32-34)15-26-28(36)30-8-9-35(26)40(37,38)23-12-19(3)11-21(29)14-23/h5-6,8-9,11-14,17-18,25-26H,7,10,15-16H2,1-4H3,(H,30,36). The van der Waals surface area contributed by atoms with Crippen LogP contribution >= 0.6 is 11.6 Å². The Labute approximate surface area is 239 Å². The summed E-state index contributed by atoms with van der Waals surface area (Å²) in [4.78, 5) is 15.2. The van der Waals surface area contributed by atoms with E-state index in [0.29, 0.717) is 35.3 Å². The molecule has 5 rings (SSSR count). The number of hydrogen-bond acceptors (Lipinski definition) is 7. The Hall–Kier alpha value is -3.41. The van der Waals surface area contributed by atoms with E-state index in [1.807, 2.05) is 0 Å². The molecule has 0 spiro atoms. The van der Waals surface area contributed by atoms with Gasteiger partial charge in [0.15, 0.2) is 0 Å². The first kappa shape index (κ1) is 28.1. The molecular formula is C28H33ClN6O4S. The Balaban J connectivity index is 1.38. The third-order valence-electron chi connectivity index (χ3n) is 7.33. The van der Waals surface area contributed by atoms with Crippen molar-refractivity contribution in [2.24, 2.45) is 0 Å². The molecule has 2 aromatic carbocycles. The minimum absolute atomic E-state index is 0.0169. The molecule has 10 nitrogen and oxygen atoms in total. The van der Waals surface area contributed by atoms with Gasteiger partial charge in [-0.25, -0.2) is 13.1 Å². The first-order valence-corrected chi connectivity index (χ1v) is 15.0. The van der Waals surface area contributed by atoms with Crippen LogP contribution in [0.1, 0.15) is 48.7 Å². The molecule has 2 unspecified atom stereocenters. The van der Waals surface area contributed by atoms with E-state index < -0.39 is 22.0 Å². The van der Waals surface area contributed by atoms with Crippen LogP contribution in [0.3, 0.4) is 0 Å². The van der Waals surface area contributed by atoms with Gasteiger partial charge in [-0.2, -0.15) is 0 Å². The summed E-state index contributed by atoms with van der Waals surface area (Å²) in [5.41, 5.74) is 3.38. The van der Waals surface area contributed by atoms with E-state index in [1.54, 1.807) is 23.9 Å². The van der Waals surface area contributed by atoms with Crippen LogP contribution in [0.2, 0.25) is 5.02 Å². The quantitative estimate of drug-likeness (QED) is 0.430. The number of hydrogen-bond donors (Lipinski definition) is 1. The Morgan fingerprint density at radius 3 is 2.77 bits per heavy atom. The lowest BCUT2D eigenvalue weighted by Crippen LogP contribution is -2.50. The fourth-order valence-electron chi connectivity index (χ4n) is 4.93. The molecule has 0 saturated heterocycles. The fraction of sp³-hybridized carbons (Fsp3) is 0.393. The van der Waals surface area contributed by atoms with Crippen LogP contribution in [0.4, 0.5) is 0 Å². The zero-order valence-electron chi connectivity index (χ0n) is 22.9. The summed E-state index contributed by atoms with van der Waals surface area (Å²) in [7, 11) is -1.96. The van der Waals surface area contributed by atoms with Crippen molar-refractivity contribution in [3.63, 3.8) is 0 Å². The lowest BCUT2D eigenvalue weighted by molar-refractivity contribution is -0.124. The molecule has 0 fully saturated rings. The summed E-state index contributed by atoms with van der Waals surface area (Å²) in [5.74, 6) is 0.378. The van der Waals surface area contributed by atoms with E-state index in [0.717, 1.165) is 22.2 Å². The molecule has 3 aromatic rings. The van der Waals surface area contributed by atoms with Gasteiger partial charge in [-0.3, -0.25) is 14.0 Å². The summed E-state index contributed by atoms with van der Waals surface area (Å²) in [6, 6.07) is 10.2. The molecule has 212 valence electrons. The van der Waals surface area contributed by atoms with Gasteiger partial charge in [0.1, 0.15) is 11.8 Å². The number of amides is 1. The van der Waals surface area contributed by atoms with Gasteiger partial charge >= 0.3 is 0 Å². The zero-order valence-corrected chi connectivity index (χ0v) is 24.5. The van der Waals surface area contributed by atoms with Crippen molar-refractivity contribution in [2.75, 3.05) is 13.7 Å². The minimum Gasteiger partial charge on any atom is -0.493 e. The second-order valence-electron chi connectivity index (χ2n) is 10.6. The normalized spacial score (nSPS) is 19.1. The van der Waals surface area contributed by atoms with Crippen LogP contribution in [0, 0.1) is 6.92 Å². The molecule has 2 aliphatic heterocycles. The van der Waals surface area contributed by atoms with Crippen LogP contribution in [-0.2, 0) is 27.8 Å². The molecule has 40 heavy (non-hydrogen) atoms. The largest absolute Gasteiger partial charge is 0.493 e. The van der Waals surface area contributed by atoms with Gasteiger partial charge in [-0.1, -0.05) is 28.9 Å². The topological polar surface area (TPSA) is 110 Å². The molecular weight excluding hydrogens is 552 g/mol. The summed E-state index contributed by atoms with van der Waals surface area (Å²) in [6.07, 6.45) is 5.20. The van der Waals surface area contributed by atoms with Crippen molar-refractivity contribution in [3.05, 3.63) is 82.4 Å². The van der Waals surface area contributed by atoms with E-state index in [4.69, 9.17) is 16.3 Å². The van der Waals surface area contributed by atoms with Crippen molar-refractivity contribution < 1.29 is 17.9 Å². The highest BCUT2D eigenvalue weighted by atomic mass is 35.5. The summed E-state index contributed by atoms with van der Waals surface area (Å²) >= 11 is 6.13. The molecule has 1 aromatic heterocycles. The first-order valence-electron chi connectivity index (χ1n) is 13.2. The van der Waals surface area contributed by atoms with E-state index in [9.17, 15) is 13.2 Å². The maximum atomic E-state index is 13.5. The van der Waals surface area contributed by atoms with Gasteiger partial charge in [0.2, 0.25) is 5.91 Å². The second-order valence-corrected chi connectivity index (χ2v) is 12.8. The number of rotatable bonds is 8. The van der Waals surface area contributed by atoms with Gasteiger partial charge in [-0.05, 0) is 63.2 Å². The van der Waals surface area contributed by atoms with Crippen molar-refractivity contribution in [3.8, 4) is 5.75 Å². The van der Waals surface area contributed by atoms with E-state index in [-0.39, 0.29) is 17.4 Å². The lowest BCUT2D eigenvalue weighted by Gasteiger charge is -2.31. The summed E-state index contributed by atoms with van der Waals surface area (Å²) < 4.78 is 35.9. The number of sulfonamides is 1. The number of fused-ring (bicyclic) bond motifs is 1. The average Bonchev–Trinajstić information content (AvgIpc) is 3.37. The Kier molecular flexibility index (Phi) is 7.89. The molecule has 2 atom stereocenters. The number of benzene rings is 2. The van der Waals surface area contributed by atoms with Gasteiger partial charge in [0.25, 0.3) is 10.0 Å². The fourth-order valence-corrected chi connectivity index (χ4v) is 6.86. The van der Waals surface area contributed by atoms with Gasteiger partial charge in [0.05, 0.1) is 23.2 Å². The number of carbonyl (C=O) groups excluding carboxylic acids is 1. The Morgan fingerprint density at radius 1 is 1.23 bits per heavy atom. The number of halogens is 1. The monoisotopic (exact) mass is 584 g/mol. The molecule has 0 bridgehead atoms. The zero-order chi connectivity index (χ0) is 28.6. The highest BCUT2D eigenvalue weighted by Crippen LogP contribution is 2.35. The Bertz CT molecular complexity index is 1530. The summed E-state index contributed by atoms with van der Waals surface area (Å²) in [5, 5.41) is 11.6. The average molecular weight is 585 g/mol. The number of nitrogens with one attached hydrogen (secondary N) is 1.